The van der Waals surface area contributed by atoms with Gasteiger partial charge in [0, 0.05) is 12.5 Å². The first-order valence-corrected chi connectivity index (χ1v) is 5.68. The third-order valence-electron chi connectivity index (χ3n) is 2.22. The molecule has 1 unspecified atom stereocenters. The van der Waals surface area contributed by atoms with Crippen LogP contribution in [0.3, 0.4) is 0 Å². The maximum atomic E-state index is 11.6. The Morgan fingerprint density at radius 2 is 2.18 bits per heavy atom. The number of nitrogens with two attached hydrogens (primary N) is 1. The maximum absolute atomic E-state index is 11.6. The lowest BCUT2D eigenvalue weighted by Gasteiger charge is -2.09. The Balaban J connectivity index is 0.00000256. The first-order chi connectivity index (χ1) is 7.49. The molecular weight excluding hydrogens is 259 g/mol. The van der Waals surface area contributed by atoms with Gasteiger partial charge in [-0.1, -0.05) is 17.7 Å². The number of hydrogen-bond acceptors (Lipinski definition) is 2. The van der Waals surface area contributed by atoms with Gasteiger partial charge in [-0.15, -0.1) is 12.4 Å². The Morgan fingerprint density at radius 3 is 2.76 bits per heavy atom. The highest BCUT2D eigenvalue weighted by molar-refractivity contribution is 6.33. The van der Waals surface area contributed by atoms with Crippen LogP contribution >= 0.6 is 24.0 Å². The molecule has 1 atom stereocenters. The average molecular weight is 277 g/mol. The zero-order chi connectivity index (χ0) is 12.1. The summed E-state index contributed by atoms with van der Waals surface area (Å²) in [5.74, 6) is -0.0511. The van der Waals surface area contributed by atoms with Gasteiger partial charge in [-0.2, -0.15) is 0 Å². The lowest BCUT2D eigenvalue weighted by molar-refractivity contribution is -0.116. The fourth-order valence-electron chi connectivity index (χ4n) is 1.31. The molecule has 1 amide bonds. The Labute approximate surface area is 113 Å². The van der Waals surface area contributed by atoms with E-state index in [1.807, 2.05) is 26.0 Å². The van der Waals surface area contributed by atoms with Crippen LogP contribution in [-0.2, 0) is 4.79 Å². The molecule has 0 aliphatic carbocycles. The van der Waals surface area contributed by atoms with Crippen LogP contribution in [0.5, 0.6) is 0 Å². The fraction of sp³-hybridized carbons (Fsp3) is 0.417. The molecule has 0 spiro atoms. The smallest absolute Gasteiger partial charge is 0.224 e. The molecular formula is C12H18Cl2N2O. The van der Waals surface area contributed by atoms with Gasteiger partial charge in [-0.25, -0.2) is 0 Å². The quantitative estimate of drug-likeness (QED) is 0.888. The molecule has 1 rings (SSSR count). The van der Waals surface area contributed by atoms with Gasteiger partial charge in [-0.3, -0.25) is 4.79 Å². The van der Waals surface area contributed by atoms with E-state index in [1.165, 1.54) is 0 Å². The molecule has 17 heavy (non-hydrogen) atoms. The molecule has 0 bridgehead atoms. The molecule has 0 aliphatic rings. The van der Waals surface area contributed by atoms with Crippen LogP contribution in [0.2, 0.25) is 5.02 Å². The number of anilines is 1. The van der Waals surface area contributed by atoms with Crippen LogP contribution in [0.1, 0.15) is 25.3 Å². The number of amides is 1. The second-order valence-corrected chi connectivity index (χ2v) is 4.45. The van der Waals surface area contributed by atoms with E-state index >= 15 is 0 Å². The predicted octanol–water partition coefficient (Wildman–Crippen LogP) is 3.14. The van der Waals surface area contributed by atoms with Gasteiger partial charge in [0.25, 0.3) is 0 Å². The fourth-order valence-corrected chi connectivity index (χ4v) is 1.47. The Morgan fingerprint density at radius 1 is 1.53 bits per heavy atom. The largest absolute Gasteiger partial charge is 0.328 e. The summed E-state index contributed by atoms with van der Waals surface area (Å²) in [6, 6.07) is 5.57. The van der Waals surface area contributed by atoms with Crippen LogP contribution < -0.4 is 11.1 Å². The van der Waals surface area contributed by atoms with Crippen LogP contribution in [0.15, 0.2) is 18.2 Å². The molecule has 0 heterocycles. The average Bonchev–Trinajstić information content (AvgIpc) is 2.20. The van der Waals surface area contributed by atoms with Crippen molar-refractivity contribution in [1.82, 2.24) is 0 Å². The van der Waals surface area contributed by atoms with Crippen molar-refractivity contribution in [1.29, 1.82) is 0 Å². The second kappa shape index (κ2) is 7.54. The summed E-state index contributed by atoms with van der Waals surface area (Å²) >= 11 is 5.96. The molecule has 0 saturated heterocycles. The second-order valence-electron chi connectivity index (χ2n) is 4.05. The van der Waals surface area contributed by atoms with Crippen molar-refractivity contribution in [3.8, 4) is 0 Å². The molecule has 0 aliphatic heterocycles. The van der Waals surface area contributed by atoms with Crippen molar-refractivity contribution in [2.75, 3.05) is 5.32 Å². The topological polar surface area (TPSA) is 55.1 Å². The van der Waals surface area contributed by atoms with Gasteiger partial charge in [0.15, 0.2) is 0 Å². The number of aryl methyl sites for hydroxylation is 1. The van der Waals surface area contributed by atoms with Crippen molar-refractivity contribution in [3.63, 3.8) is 0 Å². The van der Waals surface area contributed by atoms with E-state index in [4.69, 9.17) is 17.3 Å². The molecule has 1 aromatic rings. The Kier molecular flexibility index (Phi) is 7.19. The van der Waals surface area contributed by atoms with Gasteiger partial charge in [0.1, 0.15) is 0 Å². The number of halogens is 2. The van der Waals surface area contributed by atoms with Crippen molar-refractivity contribution < 1.29 is 4.79 Å². The first kappa shape index (κ1) is 16.2. The highest BCUT2D eigenvalue weighted by atomic mass is 35.5. The van der Waals surface area contributed by atoms with Crippen molar-refractivity contribution in [2.45, 2.75) is 32.7 Å². The number of nitrogens with one attached hydrogen (secondary N) is 1. The van der Waals surface area contributed by atoms with Gasteiger partial charge in [0.05, 0.1) is 10.7 Å². The summed E-state index contributed by atoms with van der Waals surface area (Å²) in [6.07, 6.45) is 1.09. The minimum atomic E-state index is -0.0511. The normalized spacial score (nSPS) is 11.5. The van der Waals surface area contributed by atoms with E-state index < -0.39 is 0 Å². The van der Waals surface area contributed by atoms with E-state index in [0.717, 1.165) is 5.56 Å². The third-order valence-corrected chi connectivity index (χ3v) is 2.55. The molecule has 1 aromatic carbocycles. The lowest BCUT2D eigenvalue weighted by Crippen LogP contribution is -2.19. The summed E-state index contributed by atoms with van der Waals surface area (Å²) in [5.41, 5.74) is 7.31. The van der Waals surface area contributed by atoms with Crippen molar-refractivity contribution in [2.24, 2.45) is 5.73 Å². The van der Waals surface area contributed by atoms with Gasteiger partial charge in [-0.05, 0) is 38.0 Å². The van der Waals surface area contributed by atoms with Gasteiger partial charge < -0.3 is 11.1 Å². The first-order valence-electron chi connectivity index (χ1n) is 5.30. The number of carbonyl (C=O) groups is 1. The Hall–Kier alpha value is -0.770. The SMILES string of the molecule is Cc1ccc(Cl)c(NC(=O)CCC(C)N)c1.Cl. The lowest BCUT2D eigenvalue weighted by atomic mass is 10.2. The molecule has 0 aromatic heterocycles. The molecule has 0 radical (unpaired) electrons. The van der Waals surface area contributed by atoms with E-state index in [9.17, 15) is 4.79 Å². The number of carbonyl (C=O) groups excluding carboxylic acids is 1. The third kappa shape index (κ3) is 5.91. The van der Waals surface area contributed by atoms with Gasteiger partial charge in [0.2, 0.25) is 5.91 Å². The summed E-state index contributed by atoms with van der Waals surface area (Å²) in [4.78, 5) is 11.6. The number of benzene rings is 1. The standard InChI is InChI=1S/C12H17ClN2O.ClH/c1-8-3-5-10(13)11(7-8)15-12(16)6-4-9(2)14;/h3,5,7,9H,4,6,14H2,1-2H3,(H,15,16);1H. The molecule has 0 fully saturated rings. The zero-order valence-corrected chi connectivity index (χ0v) is 11.6. The van der Waals surface area contributed by atoms with Gasteiger partial charge >= 0.3 is 0 Å². The Bertz CT molecular complexity index is 381. The van der Waals surface area contributed by atoms with E-state index in [-0.39, 0.29) is 24.4 Å². The van der Waals surface area contributed by atoms with E-state index in [0.29, 0.717) is 23.6 Å². The summed E-state index contributed by atoms with van der Waals surface area (Å²) in [7, 11) is 0. The minimum Gasteiger partial charge on any atom is -0.328 e. The summed E-state index contributed by atoms with van der Waals surface area (Å²) < 4.78 is 0. The minimum absolute atomic E-state index is 0. The predicted molar refractivity (Wildman–Crippen MR) is 75.0 cm³/mol. The van der Waals surface area contributed by atoms with Crippen molar-refractivity contribution in [3.05, 3.63) is 28.8 Å². The van der Waals surface area contributed by atoms with Crippen LogP contribution in [0.25, 0.3) is 0 Å². The summed E-state index contributed by atoms with van der Waals surface area (Å²) in [6.45, 7) is 3.83. The van der Waals surface area contributed by atoms with Crippen LogP contribution in [0.4, 0.5) is 5.69 Å². The molecule has 5 heteroatoms. The summed E-state index contributed by atoms with van der Waals surface area (Å²) in [5, 5.41) is 3.34. The molecule has 3 nitrogen and oxygen atoms in total. The van der Waals surface area contributed by atoms with Crippen LogP contribution in [0, 0.1) is 6.92 Å². The van der Waals surface area contributed by atoms with E-state index in [2.05, 4.69) is 5.32 Å². The zero-order valence-electron chi connectivity index (χ0n) is 10.00. The number of rotatable bonds is 4. The van der Waals surface area contributed by atoms with Crippen LogP contribution in [-0.4, -0.2) is 11.9 Å². The molecule has 96 valence electrons. The highest BCUT2D eigenvalue weighted by Gasteiger charge is 2.06. The highest BCUT2D eigenvalue weighted by Crippen LogP contribution is 2.22. The number of hydrogen-bond donors (Lipinski definition) is 2. The van der Waals surface area contributed by atoms with E-state index in [1.54, 1.807) is 6.07 Å². The monoisotopic (exact) mass is 276 g/mol. The molecule has 0 saturated carbocycles. The molecule has 3 N–H and O–H groups in total. The maximum Gasteiger partial charge on any atom is 0.224 e. The van der Waals surface area contributed by atoms with Crippen molar-refractivity contribution >= 4 is 35.6 Å².